The van der Waals surface area contributed by atoms with Crippen molar-refractivity contribution in [2.75, 3.05) is 13.1 Å². The quantitative estimate of drug-likeness (QED) is 0.723. The molecule has 0 atom stereocenters. The summed E-state index contributed by atoms with van der Waals surface area (Å²) in [4.78, 5) is 18.2. The van der Waals surface area contributed by atoms with Gasteiger partial charge in [0.25, 0.3) is 5.91 Å². The van der Waals surface area contributed by atoms with Crippen molar-refractivity contribution in [1.82, 2.24) is 14.5 Å². The van der Waals surface area contributed by atoms with Crippen molar-refractivity contribution in [3.05, 3.63) is 30.1 Å². The summed E-state index contributed by atoms with van der Waals surface area (Å²) in [6.07, 6.45) is 1.76. The fraction of sp³-hybridized carbons (Fsp3) is 0.333. The number of carbonyl (C=O) groups is 1. The zero-order chi connectivity index (χ0) is 11.1. The summed E-state index contributed by atoms with van der Waals surface area (Å²) in [7, 11) is 0. The first-order valence-electron chi connectivity index (χ1n) is 5.55. The topological polar surface area (TPSA) is 38.1 Å². The standard InChI is InChI=1S/C12H13N3O/c1-2-14-6-7-15-10-4-3-5-13-9(10)8-11(15)12(14)16/h3-5,8H,2,6-7H2,1H3. The highest BCUT2D eigenvalue weighted by molar-refractivity contribution is 5.98. The van der Waals surface area contributed by atoms with Crippen molar-refractivity contribution in [3.8, 4) is 0 Å². The minimum Gasteiger partial charge on any atom is -0.336 e. The van der Waals surface area contributed by atoms with Crippen LogP contribution in [0.4, 0.5) is 0 Å². The van der Waals surface area contributed by atoms with E-state index in [1.54, 1.807) is 6.20 Å². The van der Waals surface area contributed by atoms with Gasteiger partial charge in [0.05, 0.1) is 11.0 Å². The lowest BCUT2D eigenvalue weighted by Gasteiger charge is -2.27. The Morgan fingerprint density at radius 1 is 1.44 bits per heavy atom. The lowest BCUT2D eigenvalue weighted by atomic mass is 10.3. The summed E-state index contributed by atoms with van der Waals surface area (Å²) < 4.78 is 2.07. The lowest BCUT2D eigenvalue weighted by Crippen LogP contribution is -2.39. The van der Waals surface area contributed by atoms with Gasteiger partial charge in [-0.1, -0.05) is 0 Å². The first kappa shape index (κ1) is 9.39. The molecule has 1 aliphatic rings. The maximum Gasteiger partial charge on any atom is 0.270 e. The zero-order valence-electron chi connectivity index (χ0n) is 9.18. The number of aromatic nitrogens is 2. The van der Waals surface area contributed by atoms with E-state index in [0.717, 1.165) is 36.4 Å². The molecule has 0 bridgehead atoms. The van der Waals surface area contributed by atoms with Crippen LogP contribution in [0, 0.1) is 0 Å². The van der Waals surface area contributed by atoms with Crippen LogP contribution in [0.3, 0.4) is 0 Å². The molecule has 0 unspecified atom stereocenters. The van der Waals surface area contributed by atoms with Crippen molar-refractivity contribution in [3.63, 3.8) is 0 Å². The maximum atomic E-state index is 12.1. The average molecular weight is 215 g/mol. The number of pyridine rings is 1. The minimum atomic E-state index is 0.117. The third kappa shape index (κ3) is 1.16. The predicted molar refractivity (Wildman–Crippen MR) is 61.3 cm³/mol. The largest absolute Gasteiger partial charge is 0.336 e. The Hall–Kier alpha value is -1.84. The molecule has 16 heavy (non-hydrogen) atoms. The number of fused-ring (bicyclic) bond motifs is 3. The van der Waals surface area contributed by atoms with Crippen LogP contribution in [0.5, 0.6) is 0 Å². The Morgan fingerprint density at radius 2 is 2.31 bits per heavy atom. The highest BCUT2D eigenvalue weighted by Gasteiger charge is 2.25. The molecule has 0 N–H and O–H groups in total. The highest BCUT2D eigenvalue weighted by Crippen LogP contribution is 2.22. The Labute approximate surface area is 93.5 Å². The number of hydrogen-bond donors (Lipinski definition) is 0. The first-order valence-corrected chi connectivity index (χ1v) is 5.55. The van der Waals surface area contributed by atoms with Gasteiger partial charge in [-0.15, -0.1) is 0 Å². The number of carbonyl (C=O) groups excluding carboxylic acids is 1. The van der Waals surface area contributed by atoms with Crippen LogP contribution in [-0.2, 0) is 6.54 Å². The van der Waals surface area contributed by atoms with Gasteiger partial charge in [-0.3, -0.25) is 9.78 Å². The second-order valence-corrected chi connectivity index (χ2v) is 3.97. The summed E-state index contributed by atoms with van der Waals surface area (Å²) in [5.41, 5.74) is 2.73. The number of likely N-dealkylation sites (N-methyl/N-ethyl adjacent to an activating group) is 1. The number of rotatable bonds is 1. The van der Waals surface area contributed by atoms with Crippen molar-refractivity contribution in [1.29, 1.82) is 0 Å². The number of nitrogens with zero attached hydrogens (tertiary/aromatic N) is 3. The van der Waals surface area contributed by atoms with Gasteiger partial charge >= 0.3 is 0 Å². The summed E-state index contributed by atoms with van der Waals surface area (Å²) in [5, 5.41) is 0. The molecule has 4 heteroatoms. The van der Waals surface area contributed by atoms with E-state index in [0.29, 0.717) is 0 Å². The van der Waals surface area contributed by atoms with E-state index in [4.69, 9.17) is 0 Å². The van der Waals surface area contributed by atoms with Gasteiger partial charge in [0.15, 0.2) is 0 Å². The molecule has 0 fully saturated rings. The van der Waals surface area contributed by atoms with Gasteiger partial charge in [-0.2, -0.15) is 0 Å². The normalized spacial score (nSPS) is 15.6. The summed E-state index contributed by atoms with van der Waals surface area (Å²) in [5.74, 6) is 0.117. The zero-order valence-corrected chi connectivity index (χ0v) is 9.18. The second-order valence-electron chi connectivity index (χ2n) is 3.97. The summed E-state index contributed by atoms with van der Waals surface area (Å²) in [6, 6.07) is 5.81. The van der Waals surface area contributed by atoms with Crippen LogP contribution in [0.1, 0.15) is 17.4 Å². The fourth-order valence-electron chi connectivity index (χ4n) is 2.29. The van der Waals surface area contributed by atoms with Gasteiger partial charge in [-0.05, 0) is 25.1 Å². The van der Waals surface area contributed by atoms with Crippen LogP contribution in [0.25, 0.3) is 11.0 Å². The number of amides is 1. The van der Waals surface area contributed by atoms with Crippen LogP contribution >= 0.6 is 0 Å². The molecule has 0 radical (unpaired) electrons. The maximum absolute atomic E-state index is 12.1. The van der Waals surface area contributed by atoms with Crippen LogP contribution in [-0.4, -0.2) is 33.4 Å². The molecular weight excluding hydrogens is 202 g/mol. The van der Waals surface area contributed by atoms with Gasteiger partial charge in [0.2, 0.25) is 0 Å². The molecular formula is C12H13N3O. The third-order valence-electron chi connectivity index (χ3n) is 3.15. The van der Waals surface area contributed by atoms with Crippen LogP contribution < -0.4 is 0 Å². The molecule has 0 saturated heterocycles. The van der Waals surface area contributed by atoms with E-state index >= 15 is 0 Å². The molecule has 2 aromatic rings. The molecule has 1 aliphatic heterocycles. The highest BCUT2D eigenvalue weighted by atomic mass is 16.2. The molecule has 0 spiro atoms. The fourth-order valence-corrected chi connectivity index (χ4v) is 2.29. The van der Waals surface area contributed by atoms with Crippen LogP contribution in [0.15, 0.2) is 24.4 Å². The molecule has 0 aromatic carbocycles. The van der Waals surface area contributed by atoms with Gasteiger partial charge < -0.3 is 9.47 Å². The molecule has 0 saturated carbocycles. The summed E-state index contributed by atoms with van der Waals surface area (Å²) >= 11 is 0. The van der Waals surface area contributed by atoms with Gasteiger partial charge in [0, 0.05) is 25.8 Å². The smallest absolute Gasteiger partial charge is 0.270 e. The molecule has 4 nitrogen and oxygen atoms in total. The molecule has 3 rings (SSSR count). The minimum absolute atomic E-state index is 0.117. The van der Waals surface area contributed by atoms with E-state index in [1.165, 1.54) is 0 Å². The summed E-state index contributed by atoms with van der Waals surface area (Å²) in [6.45, 7) is 4.44. The van der Waals surface area contributed by atoms with Crippen molar-refractivity contribution >= 4 is 16.9 Å². The van der Waals surface area contributed by atoms with Crippen molar-refractivity contribution < 1.29 is 4.79 Å². The van der Waals surface area contributed by atoms with E-state index in [-0.39, 0.29) is 5.91 Å². The lowest BCUT2D eigenvalue weighted by molar-refractivity contribution is 0.0717. The molecule has 0 aliphatic carbocycles. The van der Waals surface area contributed by atoms with Crippen molar-refractivity contribution in [2.24, 2.45) is 0 Å². The average Bonchev–Trinajstić information content (AvgIpc) is 2.69. The van der Waals surface area contributed by atoms with E-state index in [9.17, 15) is 4.79 Å². The number of hydrogen-bond acceptors (Lipinski definition) is 2. The van der Waals surface area contributed by atoms with Gasteiger partial charge in [0.1, 0.15) is 5.69 Å². The van der Waals surface area contributed by atoms with Crippen LogP contribution in [0.2, 0.25) is 0 Å². The molecule has 3 heterocycles. The van der Waals surface area contributed by atoms with Crippen molar-refractivity contribution in [2.45, 2.75) is 13.5 Å². The predicted octanol–water partition coefficient (Wildman–Crippen LogP) is 1.51. The Kier molecular flexibility index (Phi) is 1.96. The van der Waals surface area contributed by atoms with E-state index in [1.807, 2.05) is 30.0 Å². The molecule has 2 aromatic heterocycles. The van der Waals surface area contributed by atoms with E-state index in [2.05, 4.69) is 9.55 Å². The second kappa shape index (κ2) is 3.33. The SMILES string of the molecule is CCN1CCn2c(cc3ncccc32)C1=O. The first-order chi connectivity index (χ1) is 7.81. The van der Waals surface area contributed by atoms with Gasteiger partial charge in [-0.25, -0.2) is 0 Å². The molecule has 1 amide bonds. The Bertz CT molecular complexity index is 558. The molecule has 82 valence electrons. The monoisotopic (exact) mass is 215 g/mol. The Balaban J connectivity index is 2.21. The third-order valence-corrected chi connectivity index (χ3v) is 3.15. The Morgan fingerprint density at radius 3 is 3.12 bits per heavy atom. The van der Waals surface area contributed by atoms with E-state index < -0.39 is 0 Å².